The maximum absolute atomic E-state index is 13.1. The molecular formula is C15H15ClFNO2. The molecule has 0 saturated carbocycles. The molecule has 1 aromatic heterocycles. The first-order valence-electron chi connectivity index (χ1n) is 6.34. The van der Waals surface area contributed by atoms with Crippen molar-refractivity contribution in [3.8, 4) is 17.4 Å². The van der Waals surface area contributed by atoms with E-state index >= 15 is 0 Å². The summed E-state index contributed by atoms with van der Waals surface area (Å²) in [6.07, 6.45) is 2.00. The fourth-order valence-corrected chi connectivity index (χ4v) is 1.82. The molecular weight excluding hydrogens is 281 g/mol. The number of alkyl halides is 1. The second kappa shape index (κ2) is 7.10. The predicted octanol–water partition coefficient (Wildman–Crippen LogP) is 4.54. The fraction of sp³-hybridized carbons (Fsp3) is 0.267. The molecule has 0 aliphatic heterocycles. The van der Waals surface area contributed by atoms with Crippen LogP contribution < -0.4 is 9.47 Å². The van der Waals surface area contributed by atoms with E-state index in [1.165, 1.54) is 6.07 Å². The number of ether oxygens (including phenoxy) is 2. The van der Waals surface area contributed by atoms with E-state index < -0.39 is 5.82 Å². The molecule has 0 atom stereocenters. The van der Waals surface area contributed by atoms with Gasteiger partial charge >= 0.3 is 0 Å². The van der Waals surface area contributed by atoms with Crippen LogP contribution in [0, 0.1) is 5.82 Å². The molecule has 0 aliphatic carbocycles. The van der Waals surface area contributed by atoms with Crippen molar-refractivity contribution in [2.45, 2.75) is 19.2 Å². The topological polar surface area (TPSA) is 31.4 Å². The summed E-state index contributed by atoms with van der Waals surface area (Å²) < 4.78 is 24.4. The van der Waals surface area contributed by atoms with E-state index in [-0.39, 0.29) is 11.8 Å². The number of benzene rings is 1. The number of halogens is 2. The van der Waals surface area contributed by atoms with Crippen molar-refractivity contribution < 1.29 is 13.9 Å². The average molecular weight is 296 g/mol. The second-order valence-corrected chi connectivity index (χ2v) is 4.42. The van der Waals surface area contributed by atoms with Crippen molar-refractivity contribution in [2.75, 3.05) is 6.61 Å². The molecule has 2 aromatic rings. The Hall–Kier alpha value is -1.81. The molecule has 0 aliphatic rings. The van der Waals surface area contributed by atoms with Crippen LogP contribution in [0.3, 0.4) is 0 Å². The maximum Gasteiger partial charge on any atom is 0.224 e. The van der Waals surface area contributed by atoms with Gasteiger partial charge in [0.2, 0.25) is 5.88 Å². The van der Waals surface area contributed by atoms with E-state index in [1.807, 2.05) is 25.1 Å². The summed E-state index contributed by atoms with van der Waals surface area (Å²) in [7, 11) is 0. The second-order valence-electron chi connectivity index (χ2n) is 4.15. The van der Waals surface area contributed by atoms with Crippen LogP contribution in [0.4, 0.5) is 4.39 Å². The highest BCUT2D eigenvalue weighted by Gasteiger charge is 2.11. The van der Waals surface area contributed by atoms with Crippen LogP contribution in [0.1, 0.15) is 18.9 Å². The molecule has 0 radical (unpaired) electrons. The minimum Gasteiger partial charge on any atom is -0.490 e. The monoisotopic (exact) mass is 295 g/mol. The zero-order valence-electron chi connectivity index (χ0n) is 11.1. The van der Waals surface area contributed by atoms with Crippen LogP contribution in [0.2, 0.25) is 0 Å². The van der Waals surface area contributed by atoms with Crippen LogP contribution in [-0.2, 0) is 5.88 Å². The summed E-state index contributed by atoms with van der Waals surface area (Å²) in [4.78, 5) is 3.93. The minimum atomic E-state index is -0.441. The number of rotatable bonds is 6. The molecule has 0 fully saturated rings. The molecule has 2 rings (SSSR count). The summed E-state index contributed by atoms with van der Waals surface area (Å²) in [6.45, 7) is 2.62. The number of hydrogen-bond donors (Lipinski definition) is 0. The Morgan fingerprint density at radius 3 is 2.70 bits per heavy atom. The number of nitrogens with zero attached hydrogens (tertiary/aromatic N) is 1. The highest BCUT2D eigenvalue weighted by molar-refractivity contribution is 6.17. The van der Waals surface area contributed by atoms with Crippen molar-refractivity contribution in [3.05, 3.63) is 47.9 Å². The van der Waals surface area contributed by atoms with Gasteiger partial charge in [-0.25, -0.2) is 9.37 Å². The third-order valence-corrected chi connectivity index (χ3v) is 2.84. The molecule has 3 nitrogen and oxygen atoms in total. The molecule has 1 aromatic carbocycles. The van der Waals surface area contributed by atoms with Crippen molar-refractivity contribution in [2.24, 2.45) is 0 Å². The Labute approximate surface area is 122 Å². The molecule has 0 unspecified atom stereocenters. The first kappa shape index (κ1) is 14.6. The molecule has 0 N–H and O–H groups in total. The predicted molar refractivity (Wildman–Crippen MR) is 76.1 cm³/mol. The van der Waals surface area contributed by atoms with Crippen molar-refractivity contribution in [1.29, 1.82) is 0 Å². The maximum atomic E-state index is 13.1. The van der Waals surface area contributed by atoms with E-state index in [0.29, 0.717) is 23.7 Å². The van der Waals surface area contributed by atoms with Crippen LogP contribution in [0.5, 0.6) is 17.4 Å². The lowest BCUT2D eigenvalue weighted by molar-refractivity contribution is 0.300. The fourth-order valence-electron chi connectivity index (χ4n) is 1.63. The number of pyridine rings is 1. The van der Waals surface area contributed by atoms with Gasteiger partial charge in [0.05, 0.1) is 18.7 Å². The third kappa shape index (κ3) is 3.61. The van der Waals surface area contributed by atoms with E-state index in [4.69, 9.17) is 21.1 Å². The number of hydrogen-bond acceptors (Lipinski definition) is 3. The summed E-state index contributed by atoms with van der Waals surface area (Å²) in [6, 6.07) is 8.59. The van der Waals surface area contributed by atoms with E-state index in [2.05, 4.69) is 4.98 Å². The van der Waals surface area contributed by atoms with Gasteiger partial charge in [-0.15, -0.1) is 11.6 Å². The lowest BCUT2D eigenvalue weighted by Gasteiger charge is -2.12. The van der Waals surface area contributed by atoms with Crippen molar-refractivity contribution >= 4 is 11.6 Å². The summed E-state index contributed by atoms with van der Waals surface area (Å²) >= 11 is 5.78. The smallest absolute Gasteiger partial charge is 0.224 e. The highest BCUT2D eigenvalue weighted by Crippen LogP contribution is 2.32. The van der Waals surface area contributed by atoms with Crippen LogP contribution >= 0.6 is 11.6 Å². The van der Waals surface area contributed by atoms with E-state index in [9.17, 15) is 4.39 Å². The van der Waals surface area contributed by atoms with Crippen LogP contribution in [-0.4, -0.2) is 11.6 Å². The molecule has 0 amide bonds. The molecule has 20 heavy (non-hydrogen) atoms. The quantitative estimate of drug-likeness (QED) is 0.733. The lowest BCUT2D eigenvalue weighted by atomic mass is 10.3. The average Bonchev–Trinajstić information content (AvgIpc) is 2.48. The standard InChI is InChI=1S/C15H15ClFNO2/c1-2-7-19-13-5-3-4-6-14(13)20-15-11(9-16)8-12(17)10-18-15/h3-6,8,10H,2,7,9H2,1H3. The minimum absolute atomic E-state index is 0.123. The molecule has 1 heterocycles. The summed E-state index contributed by atoms with van der Waals surface area (Å²) in [5.74, 6) is 1.13. The van der Waals surface area contributed by atoms with E-state index in [0.717, 1.165) is 12.6 Å². The first-order chi connectivity index (χ1) is 9.74. The number of para-hydroxylation sites is 2. The zero-order valence-corrected chi connectivity index (χ0v) is 11.9. The molecule has 0 spiro atoms. The van der Waals surface area contributed by atoms with Gasteiger partial charge in [-0.3, -0.25) is 0 Å². The molecule has 0 saturated heterocycles. The Morgan fingerprint density at radius 1 is 1.25 bits per heavy atom. The van der Waals surface area contributed by atoms with Gasteiger partial charge in [0.1, 0.15) is 5.82 Å². The summed E-state index contributed by atoms with van der Waals surface area (Å²) in [5, 5.41) is 0. The normalized spacial score (nSPS) is 10.3. The van der Waals surface area contributed by atoms with Gasteiger partial charge in [0.15, 0.2) is 11.5 Å². The van der Waals surface area contributed by atoms with Gasteiger partial charge in [0, 0.05) is 5.56 Å². The van der Waals surface area contributed by atoms with Gasteiger partial charge in [-0.05, 0) is 24.6 Å². The van der Waals surface area contributed by atoms with Crippen LogP contribution in [0.25, 0.3) is 0 Å². The van der Waals surface area contributed by atoms with Gasteiger partial charge in [-0.2, -0.15) is 0 Å². The van der Waals surface area contributed by atoms with Gasteiger partial charge in [-0.1, -0.05) is 19.1 Å². The van der Waals surface area contributed by atoms with Crippen molar-refractivity contribution in [1.82, 2.24) is 4.98 Å². The summed E-state index contributed by atoms with van der Waals surface area (Å²) in [5.41, 5.74) is 0.497. The Bertz CT molecular complexity index is 578. The highest BCUT2D eigenvalue weighted by atomic mass is 35.5. The zero-order chi connectivity index (χ0) is 14.4. The van der Waals surface area contributed by atoms with E-state index in [1.54, 1.807) is 6.07 Å². The largest absolute Gasteiger partial charge is 0.490 e. The Kier molecular flexibility index (Phi) is 5.18. The van der Waals surface area contributed by atoms with Crippen molar-refractivity contribution in [3.63, 3.8) is 0 Å². The third-order valence-electron chi connectivity index (χ3n) is 2.55. The molecule has 5 heteroatoms. The van der Waals surface area contributed by atoms with Crippen LogP contribution in [0.15, 0.2) is 36.5 Å². The SMILES string of the molecule is CCCOc1ccccc1Oc1ncc(F)cc1CCl. The lowest BCUT2D eigenvalue weighted by Crippen LogP contribution is -1.99. The Balaban J connectivity index is 2.25. The molecule has 0 bridgehead atoms. The molecule has 106 valence electrons. The van der Waals surface area contributed by atoms with Gasteiger partial charge < -0.3 is 9.47 Å². The first-order valence-corrected chi connectivity index (χ1v) is 6.88. The Morgan fingerprint density at radius 2 is 2.00 bits per heavy atom. The number of aromatic nitrogens is 1. The van der Waals surface area contributed by atoms with Gasteiger partial charge in [0.25, 0.3) is 0 Å².